The largest absolute Gasteiger partial charge is 0.455 e. The number of sulfonamides is 1. The molecule has 1 aliphatic rings. The van der Waals surface area contributed by atoms with Crippen molar-refractivity contribution in [2.75, 3.05) is 25.0 Å². The molecule has 34 heavy (non-hydrogen) atoms. The molecule has 1 saturated heterocycles. The maximum absolute atomic E-state index is 13.6. The van der Waals surface area contributed by atoms with Crippen LogP contribution in [0, 0.1) is 17.6 Å². The Morgan fingerprint density at radius 2 is 1.68 bits per heavy atom. The SMILES string of the molecule is CC(C)(C)c1ccc(S(=O)(=O)N2CCC(C(=O)OCC(=O)Nc3cc(F)ccc3F)CC2)cc1. The monoisotopic (exact) mass is 494 g/mol. The van der Waals surface area contributed by atoms with E-state index >= 15 is 0 Å². The van der Waals surface area contributed by atoms with Crippen LogP contribution in [0.4, 0.5) is 14.5 Å². The number of hydrogen-bond acceptors (Lipinski definition) is 5. The van der Waals surface area contributed by atoms with Crippen molar-refractivity contribution < 1.29 is 31.5 Å². The fourth-order valence-corrected chi connectivity index (χ4v) is 5.11. The highest BCUT2D eigenvalue weighted by atomic mass is 32.2. The fraction of sp³-hybridized carbons (Fsp3) is 0.417. The van der Waals surface area contributed by atoms with Gasteiger partial charge < -0.3 is 10.1 Å². The van der Waals surface area contributed by atoms with Gasteiger partial charge in [-0.2, -0.15) is 4.31 Å². The molecular formula is C24H28F2N2O5S. The molecule has 0 spiro atoms. The Labute approximate surface area is 198 Å². The second-order valence-corrected chi connectivity index (χ2v) is 11.2. The minimum atomic E-state index is -3.69. The molecule has 0 aliphatic carbocycles. The van der Waals surface area contributed by atoms with Gasteiger partial charge in [-0.25, -0.2) is 17.2 Å². The molecule has 0 saturated carbocycles. The van der Waals surface area contributed by atoms with Crippen molar-refractivity contribution in [3.8, 4) is 0 Å². The van der Waals surface area contributed by atoms with Crippen molar-refractivity contribution in [3.63, 3.8) is 0 Å². The summed E-state index contributed by atoms with van der Waals surface area (Å²) in [5.74, 6) is -3.55. The Morgan fingerprint density at radius 3 is 2.26 bits per heavy atom. The third-order valence-electron chi connectivity index (χ3n) is 5.69. The predicted molar refractivity (Wildman–Crippen MR) is 123 cm³/mol. The number of nitrogens with one attached hydrogen (secondary N) is 1. The predicted octanol–water partition coefficient (Wildman–Crippen LogP) is 3.84. The highest BCUT2D eigenvalue weighted by Gasteiger charge is 2.33. The number of rotatable bonds is 6. The second kappa shape index (κ2) is 10.2. The van der Waals surface area contributed by atoms with Gasteiger partial charge >= 0.3 is 5.97 Å². The van der Waals surface area contributed by atoms with Gasteiger partial charge in [-0.1, -0.05) is 32.9 Å². The first-order chi connectivity index (χ1) is 15.9. The molecule has 0 atom stereocenters. The van der Waals surface area contributed by atoms with Crippen molar-refractivity contribution in [2.24, 2.45) is 5.92 Å². The maximum atomic E-state index is 13.6. The normalized spacial score (nSPS) is 15.7. The molecule has 1 fully saturated rings. The van der Waals surface area contributed by atoms with E-state index in [0.717, 1.165) is 23.8 Å². The summed E-state index contributed by atoms with van der Waals surface area (Å²) in [5, 5.41) is 2.15. The summed E-state index contributed by atoms with van der Waals surface area (Å²) in [5.41, 5.74) is 0.579. The Morgan fingerprint density at radius 1 is 1.06 bits per heavy atom. The smallest absolute Gasteiger partial charge is 0.309 e. The average molecular weight is 495 g/mol. The molecule has 10 heteroatoms. The number of benzene rings is 2. The zero-order chi connectivity index (χ0) is 25.1. The summed E-state index contributed by atoms with van der Waals surface area (Å²) in [4.78, 5) is 24.5. The van der Waals surface area contributed by atoms with Gasteiger partial charge in [0.05, 0.1) is 16.5 Å². The Balaban J connectivity index is 1.51. The molecule has 0 radical (unpaired) electrons. The van der Waals surface area contributed by atoms with E-state index in [1.807, 2.05) is 20.8 Å². The zero-order valence-corrected chi connectivity index (χ0v) is 20.1. The number of hydrogen-bond donors (Lipinski definition) is 1. The first-order valence-corrected chi connectivity index (χ1v) is 12.3. The van der Waals surface area contributed by atoms with Crippen LogP contribution < -0.4 is 5.32 Å². The maximum Gasteiger partial charge on any atom is 0.309 e. The second-order valence-electron chi connectivity index (χ2n) is 9.23. The molecule has 2 aromatic carbocycles. The lowest BCUT2D eigenvalue weighted by Crippen LogP contribution is -2.41. The molecule has 1 amide bonds. The number of nitrogens with zero attached hydrogens (tertiary/aromatic N) is 1. The number of esters is 1. The lowest BCUT2D eigenvalue weighted by atomic mass is 9.87. The Hall–Kier alpha value is -2.85. The first-order valence-electron chi connectivity index (χ1n) is 10.9. The first kappa shape index (κ1) is 25.8. The van der Waals surface area contributed by atoms with E-state index in [2.05, 4.69) is 5.32 Å². The van der Waals surface area contributed by atoms with Crippen LogP contribution in [0.15, 0.2) is 47.4 Å². The fourth-order valence-electron chi connectivity index (χ4n) is 3.64. The van der Waals surface area contributed by atoms with Crippen LogP contribution in [0.3, 0.4) is 0 Å². The van der Waals surface area contributed by atoms with Crippen LogP contribution in [-0.2, 0) is 29.8 Å². The number of anilines is 1. The molecule has 3 rings (SSSR count). The molecule has 0 unspecified atom stereocenters. The third kappa shape index (κ3) is 6.18. The Bertz CT molecular complexity index is 1150. The summed E-state index contributed by atoms with van der Waals surface area (Å²) in [6.07, 6.45) is 0.497. The van der Waals surface area contributed by atoms with Gasteiger partial charge in [0.15, 0.2) is 6.61 Å². The summed E-state index contributed by atoms with van der Waals surface area (Å²) >= 11 is 0. The van der Waals surface area contributed by atoms with Crippen LogP contribution in [0.1, 0.15) is 39.2 Å². The molecule has 2 aromatic rings. The zero-order valence-electron chi connectivity index (χ0n) is 19.3. The average Bonchev–Trinajstić information content (AvgIpc) is 2.79. The summed E-state index contributed by atoms with van der Waals surface area (Å²) in [7, 11) is -3.69. The topological polar surface area (TPSA) is 92.8 Å². The number of amides is 1. The van der Waals surface area contributed by atoms with E-state index < -0.39 is 46.1 Å². The molecular weight excluding hydrogens is 466 g/mol. The van der Waals surface area contributed by atoms with E-state index in [1.165, 1.54) is 4.31 Å². The third-order valence-corrected chi connectivity index (χ3v) is 7.61. The van der Waals surface area contributed by atoms with Crippen LogP contribution >= 0.6 is 0 Å². The van der Waals surface area contributed by atoms with Crippen LogP contribution in [0.25, 0.3) is 0 Å². The van der Waals surface area contributed by atoms with Crippen molar-refractivity contribution in [3.05, 3.63) is 59.7 Å². The number of carbonyl (C=O) groups excluding carboxylic acids is 2. The summed E-state index contributed by atoms with van der Waals surface area (Å²) in [6.45, 7) is 5.76. The highest BCUT2D eigenvalue weighted by molar-refractivity contribution is 7.89. The number of piperidine rings is 1. The van der Waals surface area contributed by atoms with Crippen molar-refractivity contribution in [1.29, 1.82) is 0 Å². The van der Waals surface area contributed by atoms with E-state index in [-0.39, 0.29) is 41.9 Å². The van der Waals surface area contributed by atoms with E-state index in [4.69, 9.17) is 4.74 Å². The van der Waals surface area contributed by atoms with Crippen molar-refractivity contribution in [1.82, 2.24) is 4.31 Å². The number of ether oxygens (including phenoxy) is 1. The van der Waals surface area contributed by atoms with Crippen LogP contribution in [-0.4, -0.2) is 44.3 Å². The van der Waals surface area contributed by atoms with Crippen LogP contribution in [0.5, 0.6) is 0 Å². The molecule has 1 N–H and O–H groups in total. The van der Waals surface area contributed by atoms with E-state index in [0.29, 0.717) is 0 Å². The van der Waals surface area contributed by atoms with E-state index in [9.17, 15) is 26.8 Å². The van der Waals surface area contributed by atoms with Gasteiger partial charge in [-0.15, -0.1) is 0 Å². The highest BCUT2D eigenvalue weighted by Crippen LogP contribution is 2.27. The molecule has 184 valence electrons. The summed E-state index contributed by atoms with van der Waals surface area (Å²) in [6, 6.07) is 9.40. The number of halogens is 2. The Kier molecular flexibility index (Phi) is 7.72. The molecule has 1 aliphatic heterocycles. The summed E-state index contributed by atoms with van der Waals surface area (Å²) < 4.78 is 59.1. The molecule has 1 heterocycles. The minimum Gasteiger partial charge on any atom is -0.455 e. The van der Waals surface area contributed by atoms with Crippen LogP contribution in [0.2, 0.25) is 0 Å². The van der Waals surface area contributed by atoms with E-state index in [1.54, 1.807) is 24.3 Å². The quantitative estimate of drug-likeness (QED) is 0.616. The minimum absolute atomic E-state index is 0.0939. The lowest BCUT2D eigenvalue weighted by molar-refractivity contribution is -0.152. The van der Waals surface area contributed by atoms with Crippen molar-refractivity contribution >= 4 is 27.6 Å². The molecule has 0 aromatic heterocycles. The van der Waals surface area contributed by atoms with Crippen molar-refractivity contribution in [2.45, 2.75) is 43.9 Å². The van der Waals surface area contributed by atoms with Gasteiger partial charge in [0.1, 0.15) is 11.6 Å². The van der Waals surface area contributed by atoms with Gasteiger partial charge in [0.25, 0.3) is 5.91 Å². The van der Waals surface area contributed by atoms with Gasteiger partial charge in [-0.05, 0) is 48.1 Å². The van der Waals surface area contributed by atoms with Gasteiger partial charge in [0, 0.05) is 19.2 Å². The van der Waals surface area contributed by atoms with Gasteiger partial charge in [0.2, 0.25) is 10.0 Å². The standard InChI is InChI=1S/C24H28F2N2O5S/c1-24(2,3)17-4-7-19(8-5-17)34(31,32)28-12-10-16(11-13-28)23(30)33-15-22(29)27-21-14-18(25)6-9-20(21)26/h4-9,14,16H,10-13,15H2,1-3H3,(H,27,29). The number of carbonyl (C=O) groups is 2. The lowest BCUT2D eigenvalue weighted by Gasteiger charge is -2.30. The molecule has 0 bridgehead atoms. The van der Waals surface area contributed by atoms with Gasteiger partial charge in [-0.3, -0.25) is 9.59 Å². The molecule has 7 nitrogen and oxygen atoms in total.